The molecule has 0 radical (unpaired) electrons. The molecule has 33 heavy (non-hydrogen) atoms. The molecule has 0 spiro atoms. The first-order valence-electron chi connectivity index (χ1n) is 11.3. The van der Waals surface area contributed by atoms with E-state index in [0.717, 1.165) is 42.9 Å². The lowest BCUT2D eigenvalue weighted by Gasteiger charge is -2.28. The molecule has 3 aromatic rings. The molecule has 4 nitrogen and oxygen atoms in total. The summed E-state index contributed by atoms with van der Waals surface area (Å²) >= 11 is 0. The van der Waals surface area contributed by atoms with Crippen LogP contribution in [-0.2, 0) is 30.9 Å². The largest absolute Gasteiger partial charge is 0.489 e. The van der Waals surface area contributed by atoms with Crippen LogP contribution in [0.15, 0.2) is 72.8 Å². The van der Waals surface area contributed by atoms with Crippen molar-refractivity contribution in [1.29, 1.82) is 0 Å². The molecule has 0 amide bonds. The lowest BCUT2D eigenvalue weighted by molar-refractivity contribution is -0.137. The van der Waals surface area contributed by atoms with E-state index < -0.39 is 5.97 Å². The summed E-state index contributed by atoms with van der Waals surface area (Å²) in [4.78, 5) is 13.6. The Morgan fingerprint density at radius 1 is 1.00 bits per heavy atom. The number of hydrogen-bond acceptors (Lipinski definition) is 3. The predicted molar refractivity (Wildman–Crippen MR) is 130 cm³/mol. The number of carbonyl (C=O) groups is 1. The number of benzene rings is 3. The zero-order chi connectivity index (χ0) is 23.0. The average Bonchev–Trinajstić information content (AvgIpc) is 2.83. The molecule has 0 saturated carbocycles. The highest BCUT2D eigenvalue weighted by Crippen LogP contribution is 2.23. The molecule has 0 bridgehead atoms. The minimum Gasteiger partial charge on any atom is -0.489 e. The summed E-state index contributed by atoms with van der Waals surface area (Å²) in [6.45, 7) is 5.27. The normalized spacial score (nSPS) is 14.0. The summed E-state index contributed by atoms with van der Waals surface area (Å²) < 4.78 is 5.93. The molecule has 1 aliphatic rings. The second kappa shape index (κ2) is 10.8. The average molecular weight is 440 g/mol. The Kier molecular flexibility index (Phi) is 7.44. The van der Waals surface area contributed by atoms with Crippen LogP contribution in [0.25, 0.3) is 0 Å². The van der Waals surface area contributed by atoms with E-state index in [2.05, 4.69) is 65.3 Å². The molecular weight excluding hydrogens is 410 g/mol. The molecule has 168 valence electrons. The second-order valence-electron chi connectivity index (χ2n) is 8.45. The van der Waals surface area contributed by atoms with Crippen molar-refractivity contribution in [3.05, 3.63) is 101 Å². The first-order chi connectivity index (χ1) is 16.1. The van der Waals surface area contributed by atoms with Crippen LogP contribution < -0.4 is 4.74 Å². The third-order valence-corrected chi connectivity index (χ3v) is 6.02. The van der Waals surface area contributed by atoms with Crippen molar-refractivity contribution < 1.29 is 14.6 Å². The summed E-state index contributed by atoms with van der Waals surface area (Å²) in [5.74, 6) is 5.40. The number of ether oxygens (including phenoxy) is 1. The highest BCUT2D eigenvalue weighted by molar-refractivity contribution is 5.69. The van der Waals surface area contributed by atoms with Crippen LogP contribution in [0.2, 0.25) is 0 Å². The Bertz CT molecular complexity index is 1140. The molecule has 0 aliphatic carbocycles. The van der Waals surface area contributed by atoms with Crippen molar-refractivity contribution in [2.75, 3.05) is 6.54 Å². The molecule has 1 aliphatic heterocycles. The van der Waals surface area contributed by atoms with Gasteiger partial charge in [-0.1, -0.05) is 66.6 Å². The molecule has 0 aromatic heterocycles. The molecule has 0 saturated heterocycles. The maximum absolute atomic E-state index is 11.1. The summed E-state index contributed by atoms with van der Waals surface area (Å²) in [7, 11) is 0. The molecule has 0 fully saturated rings. The highest BCUT2D eigenvalue weighted by Gasteiger charge is 2.16. The fourth-order valence-corrected chi connectivity index (χ4v) is 4.25. The van der Waals surface area contributed by atoms with Gasteiger partial charge in [0.15, 0.2) is 0 Å². The molecule has 1 N–H and O–H groups in total. The van der Waals surface area contributed by atoms with Gasteiger partial charge in [0, 0.05) is 19.6 Å². The zero-order valence-electron chi connectivity index (χ0n) is 19.0. The zero-order valence-corrected chi connectivity index (χ0v) is 19.0. The summed E-state index contributed by atoms with van der Waals surface area (Å²) in [5.41, 5.74) is 6.24. The van der Waals surface area contributed by atoms with Gasteiger partial charge in [-0.05, 0) is 53.3 Å². The Labute approximate surface area is 195 Å². The van der Waals surface area contributed by atoms with Crippen LogP contribution in [0.5, 0.6) is 5.75 Å². The number of carboxylic acids is 1. The highest BCUT2D eigenvalue weighted by atomic mass is 16.5. The fraction of sp³-hybridized carbons (Fsp3) is 0.276. The molecular formula is C29H29NO3. The lowest BCUT2D eigenvalue weighted by atomic mass is 9.96. The van der Waals surface area contributed by atoms with Gasteiger partial charge in [0.25, 0.3) is 0 Å². The molecule has 4 rings (SSSR count). The number of fused-ring (bicyclic) bond motifs is 1. The van der Waals surface area contributed by atoms with Crippen LogP contribution >= 0.6 is 0 Å². The first-order valence-corrected chi connectivity index (χ1v) is 11.3. The van der Waals surface area contributed by atoms with Crippen LogP contribution in [0, 0.1) is 11.8 Å². The Balaban J connectivity index is 1.29. The third-order valence-electron chi connectivity index (χ3n) is 6.02. The minimum absolute atomic E-state index is 0.00265. The number of hydrogen-bond donors (Lipinski definition) is 1. The van der Waals surface area contributed by atoms with Crippen molar-refractivity contribution >= 4 is 5.97 Å². The third kappa shape index (κ3) is 6.25. The minimum atomic E-state index is -0.850. The molecule has 4 heteroatoms. The van der Waals surface area contributed by atoms with Crippen LogP contribution in [-0.4, -0.2) is 22.5 Å². The van der Waals surface area contributed by atoms with Gasteiger partial charge in [-0.15, -0.1) is 5.92 Å². The van der Waals surface area contributed by atoms with Crippen molar-refractivity contribution in [3.8, 4) is 17.6 Å². The van der Waals surface area contributed by atoms with Gasteiger partial charge in [0.2, 0.25) is 0 Å². The summed E-state index contributed by atoms with van der Waals surface area (Å²) in [6, 6.07) is 24.9. The van der Waals surface area contributed by atoms with E-state index in [-0.39, 0.29) is 12.3 Å². The SMILES string of the molecule is CC#C[C@@H](CC(=O)O)c1ccc(OCc2ccc(CN3CCc4ccccc4C3)cc2)cc1. The summed E-state index contributed by atoms with van der Waals surface area (Å²) in [6.07, 6.45) is 1.11. The van der Waals surface area contributed by atoms with Crippen LogP contribution in [0.1, 0.15) is 47.1 Å². The number of aliphatic carboxylic acids is 1. The predicted octanol–water partition coefficient (Wildman–Crippen LogP) is 5.41. The second-order valence-corrected chi connectivity index (χ2v) is 8.45. The van der Waals surface area contributed by atoms with Gasteiger partial charge < -0.3 is 9.84 Å². The van der Waals surface area contributed by atoms with Crippen molar-refractivity contribution in [2.45, 2.75) is 45.4 Å². The first kappa shape index (κ1) is 22.6. The van der Waals surface area contributed by atoms with Gasteiger partial charge >= 0.3 is 5.97 Å². The van der Waals surface area contributed by atoms with E-state index in [0.29, 0.717) is 6.61 Å². The van der Waals surface area contributed by atoms with Crippen molar-refractivity contribution in [3.63, 3.8) is 0 Å². The van der Waals surface area contributed by atoms with Crippen molar-refractivity contribution in [2.24, 2.45) is 0 Å². The van der Waals surface area contributed by atoms with Gasteiger partial charge in [-0.3, -0.25) is 9.69 Å². The number of carboxylic acid groups (broad SMARTS) is 1. The van der Waals surface area contributed by atoms with E-state index in [9.17, 15) is 4.79 Å². The van der Waals surface area contributed by atoms with Gasteiger partial charge in [0.1, 0.15) is 12.4 Å². The topological polar surface area (TPSA) is 49.8 Å². The van der Waals surface area contributed by atoms with Crippen LogP contribution in [0.4, 0.5) is 0 Å². The smallest absolute Gasteiger partial charge is 0.304 e. The molecule has 0 unspecified atom stereocenters. The lowest BCUT2D eigenvalue weighted by Crippen LogP contribution is -2.29. The Hall–Kier alpha value is -3.55. The van der Waals surface area contributed by atoms with Crippen molar-refractivity contribution in [1.82, 2.24) is 4.90 Å². The molecule has 1 heterocycles. The summed E-state index contributed by atoms with van der Waals surface area (Å²) in [5, 5.41) is 9.09. The number of nitrogens with zero attached hydrogens (tertiary/aromatic N) is 1. The maximum Gasteiger partial charge on any atom is 0.304 e. The monoisotopic (exact) mass is 439 g/mol. The Morgan fingerprint density at radius 2 is 1.70 bits per heavy atom. The van der Waals surface area contributed by atoms with Gasteiger partial charge in [0.05, 0.1) is 12.3 Å². The van der Waals surface area contributed by atoms with E-state index in [4.69, 9.17) is 9.84 Å². The van der Waals surface area contributed by atoms with E-state index in [1.54, 1.807) is 6.92 Å². The quantitative estimate of drug-likeness (QED) is 0.477. The Morgan fingerprint density at radius 3 is 2.39 bits per heavy atom. The van der Waals surface area contributed by atoms with E-state index in [1.165, 1.54) is 16.7 Å². The molecule has 3 aromatic carbocycles. The fourth-order valence-electron chi connectivity index (χ4n) is 4.25. The number of rotatable bonds is 8. The van der Waals surface area contributed by atoms with Crippen LogP contribution in [0.3, 0.4) is 0 Å². The van der Waals surface area contributed by atoms with Gasteiger partial charge in [-0.2, -0.15) is 0 Å². The van der Waals surface area contributed by atoms with E-state index >= 15 is 0 Å². The van der Waals surface area contributed by atoms with Gasteiger partial charge in [-0.25, -0.2) is 0 Å². The maximum atomic E-state index is 11.1. The van der Waals surface area contributed by atoms with E-state index in [1.807, 2.05) is 24.3 Å². The standard InChI is InChI=1S/C29H29NO3/c1-2-5-26(18-29(31)32)25-12-14-28(15-13-25)33-21-23-10-8-22(9-11-23)19-30-17-16-24-6-3-4-7-27(24)20-30/h3-4,6-15,26H,16-21H2,1H3,(H,31,32)/t26-/m0/s1. The molecule has 1 atom stereocenters.